The highest BCUT2D eigenvalue weighted by molar-refractivity contribution is 7.85. The van der Waals surface area contributed by atoms with Crippen molar-refractivity contribution >= 4 is 10.8 Å². The minimum Gasteiger partial charge on any atom is -0.482 e. The van der Waals surface area contributed by atoms with Crippen LogP contribution < -0.4 is 9.47 Å². The van der Waals surface area contributed by atoms with E-state index in [0.717, 1.165) is 12.0 Å². The maximum Gasteiger partial charge on any atom is 0.167 e. The maximum atomic E-state index is 14.5. The van der Waals surface area contributed by atoms with Crippen molar-refractivity contribution in [3.63, 3.8) is 0 Å². The Bertz CT molecular complexity index is 1010. The molecule has 0 saturated carbocycles. The molecule has 0 saturated heterocycles. The van der Waals surface area contributed by atoms with Gasteiger partial charge in [0.1, 0.15) is 12.4 Å². The molecule has 1 atom stereocenters. The summed E-state index contributed by atoms with van der Waals surface area (Å²) in [6.07, 6.45) is 4.31. The minimum atomic E-state index is -1.29. The largest absolute Gasteiger partial charge is 0.482 e. The first kappa shape index (κ1) is 17.6. The van der Waals surface area contributed by atoms with E-state index in [2.05, 4.69) is 9.97 Å². The smallest absolute Gasteiger partial charge is 0.167 e. The number of hydrogen-bond donors (Lipinski definition) is 0. The Morgan fingerprint density at radius 3 is 2.67 bits per heavy atom. The molecule has 0 spiro atoms. The van der Waals surface area contributed by atoms with Crippen LogP contribution in [0.5, 0.6) is 11.5 Å². The van der Waals surface area contributed by atoms with Crippen molar-refractivity contribution in [3.05, 3.63) is 66.0 Å². The van der Waals surface area contributed by atoms with Crippen LogP contribution in [0.15, 0.2) is 53.7 Å². The quantitative estimate of drug-likeness (QED) is 0.668. The summed E-state index contributed by atoms with van der Waals surface area (Å²) in [7, 11) is -1.29. The first-order valence-corrected chi connectivity index (χ1v) is 9.85. The monoisotopic (exact) mass is 384 g/mol. The van der Waals surface area contributed by atoms with Gasteiger partial charge in [0.05, 0.1) is 15.7 Å². The van der Waals surface area contributed by atoms with E-state index < -0.39 is 16.6 Å². The van der Waals surface area contributed by atoms with Gasteiger partial charge < -0.3 is 9.47 Å². The Balaban J connectivity index is 1.69. The molecule has 0 amide bonds. The molecule has 27 heavy (non-hydrogen) atoms. The van der Waals surface area contributed by atoms with Crippen molar-refractivity contribution in [1.82, 2.24) is 9.97 Å². The highest BCUT2D eigenvalue weighted by Gasteiger charge is 2.26. The van der Waals surface area contributed by atoms with E-state index in [9.17, 15) is 8.60 Å². The molecule has 0 aliphatic carbocycles. The molecule has 0 N–H and O–H groups in total. The predicted octanol–water partition coefficient (Wildman–Crippen LogP) is 3.88. The van der Waals surface area contributed by atoms with Gasteiger partial charge in [-0.1, -0.05) is 31.2 Å². The second kappa shape index (κ2) is 7.44. The second-order valence-corrected chi connectivity index (χ2v) is 7.34. The molecule has 0 radical (unpaired) electrons. The SMILES string of the molecule is CCc1cnc(COc2c(F)cccc2-c2cccc3c2S(=O)CO3)nc1. The van der Waals surface area contributed by atoms with Crippen molar-refractivity contribution in [1.29, 1.82) is 0 Å². The molecule has 3 aromatic rings. The van der Waals surface area contributed by atoms with Crippen molar-refractivity contribution in [2.75, 3.05) is 5.94 Å². The lowest BCUT2D eigenvalue weighted by molar-refractivity contribution is 0.282. The fourth-order valence-corrected chi connectivity index (χ4v) is 4.02. The molecule has 1 aromatic heterocycles. The topological polar surface area (TPSA) is 61.3 Å². The fraction of sp³-hybridized carbons (Fsp3) is 0.200. The van der Waals surface area contributed by atoms with Crippen LogP contribution >= 0.6 is 0 Å². The number of hydrogen-bond acceptors (Lipinski definition) is 5. The van der Waals surface area contributed by atoms with Crippen molar-refractivity contribution in [3.8, 4) is 22.6 Å². The molecular formula is C20H17FN2O3S. The van der Waals surface area contributed by atoms with Gasteiger partial charge in [0.15, 0.2) is 23.3 Å². The number of rotatable bonds is 5. The van der Waals surface area contributed by atoms with E-state index in [4.69, 9.17) is 9.47 Å². The van der Waals surface area contributed by atoms with E-state index in [1.165, 1.54) is 6.07 Å². The molecule has 0 fully saturated rings. The molecule has 0 bridgehead atoms. The Morgan fingerprint density at radius 2 is 1.89 bits per heavy atom. The van der Waals surface area contributed by atoms with Crippen LogP contribution in [-0.2, 0) is 23.8 Å². The van der Waals surface area contributed by atoms with Crippen LogP contribution in [0.4, 0.5) is 4.39 Å². The number of fused-ring (bicyclic) bond motifs is 1. The number of nitrogens with zero attached hydrogens (tertiary/aromatic N) is 2. The molecule has 1 aliphatic heterocycles. The third-order valence-corrected chi connectivity index (χ3v) is 5.51. The van der Waals surface area contributed by atoms with Crippen LogP contribution in [0.3, 0.4) is 0 Å². The lowest BCUT2D eigenvalue weighted by Gasteiger charge is -2.14. The van der Waals surface area contributed by atoms with E-state index in [0.29, 0.717) is 27.6 Å². The number of benzene rings is 2. The first-order valence-electron chi connectivity index (χ1n) is 8.53. The number of aromatic nitrogens is 2. The standard InChI is InChI=1S/C20H17FN2O3S/c1-2-13-9-22-18(23-10-13)11-25-19-14(5-3-7-16(19)21)15-6-4-8-17-20(15)27(24)12-26-17/h3-10H,2,11-12H2,1H3. The Labute approximate surface area is 158 Å². The van der Waals surface area contributed by atoms with Gasteiger partial charge in [-0.05, 0) is 24.1 Å². The van der Waals surface area contributed by atoms with Crippen LogP contribution in [0, 0.1) is 5.82 Å². The zero-order valence-electron chi connectivity index (χ0n) is 14.6. The molecule has 2 heterocycles. The van der Waals surface area contributed by atoms with Gasteiger partial charge in [0.25, 0.3) is 0 Å². The van der Waals surface area contributed by atoms with Gasteiger partial charge in [-0.15, -0.1) is 0 Å². The molecule has 138 valence electrons. The van der Waals surface area contributed by atoms with Gasteiger partial charge in [-0.3, -0.25) is 4.21 Å². The molecule has 1 unspecified atom stereocenters. The highest BCUT2D eigenvalue weighted by atomic mass is 32.2. The van der Waals surface area contributed by atoms with E-state index in [-0.39, 0.29) is 18.3 Å². The molecule has 1 aliphatic rings. The Morgan fingerprint density at radius 1 is 1.15 bits per heavy atom. The number of ether oxygens (including phenoxy) is 2. The molecular weight excluding hydrogens is 367 g/mol. The third-order valence-electron chi connectivity index (χ3n) is 4.30. The maximum absolute atomic E-state index is 14.5. The van der Waals surface area contributed by atoms with Crippen LogP contribution in [-0.4, -0.2) is 20.1 Å². The molecule has 2 aromatic carbocycles. The summed E-state index contributed by atoms with van der Waals surface area (Å²) in [5.74, 6) is 0.708. The van der Waals surface area contributed by atoms with Crippen molar-refractivity contribution in [2.45, 2.75) is 24.8 Å². The van der Waals surface area contributed by atoms with Gasteiger partial charge in [-0.2, -0.15) is 0 Å². The molecule has 4 rings (SSSR count). The number of aryl methyl sites for hydroxylation is 1. The Kier molecular flexibility index (Phi) is 4.85. The van der Waals surface area contributed by atoms with Crippen LogP contribution in [0.25, 0.3) is 11.1 Å². The Hall–Kier alpha value is -2.80. The van der Waals surface area contributed by atoms with Gasteiger partial charge in [0.2, 0.25) is 0 Å². The lowest BCUT2D eigenvalue weighted by atomic mass is 10.0. The molecule has 5 nitrogen and oxygen atoms in total. The van der Waals surface area contributed by atoms with Crippen molar-refractivity contribution < 1.29 is 18.1 Å². The fourth-order valence-electron chi connectivity index (χ4n) is 2.90. The summed E-state index contributed by atoms with van der Waals surface area (Å²) >= 11 is 0. The summed E-state index contributed by atoms with van der Waals surface area (Å²) in [4.78, 5) is 9.04. The van der Waals surface area contributed by atoms with Gasteiger partial charge in [-0.25, -0.2) is 14.4 Å². The highest BCUT2D eigenvalue weighted by Crippen LogP contribution is 2.41. The molecule has 7 heteroatoms. The first-order chi connectivity index (χ1) is 13.2. The van der Waals surface area contributed by atoms with E-state index in [1.807, 2.05) is 6.92 Å². The summed E-state index contributed by atoms with van der Waals surface area (Å²) in [5.41, 5.74) is 2.18. The van der Waals surface area contributed by atoms with E-state index >= 15 is 0 Å². The normalized spacial score (nSPS) is 15.3. The minimum absolute atomic E-state index is 0.0343. The van der Waals surface area contributed by atoms with Crippen LogP contribution in [0.1, 0.15) is 18.3 Å². The van der Waals surface area contributed by atoms with E-state index in [1.54, 1.807) is 42.7 Å². The summed E-state index contributed by atoms with van der Waals surface area (Å²) in [6, 6.07) is 10.0. The zero-order valence-corrected chi connectivity index (χ0v) is 15.5. The number of halogens is 1. The average Bonchev–Trinajstić information content (AvgIpc) is 3.08. The van der Waals surface area contributed by atoms with Crippen molar-refractivity contribution in [2.24, 2.45) is 0 Å². The summed E-state index contributed by atoms with van der Waals surface area (Å²) in [5, 5.41) is 0. The van der Waals surface area contributed by atoms with Gasteiger partial charge in [0, 0.05) is 23.5 Å². The second-order valence-electron chi connectivity index (χ2n) is 6.01. The predicted molar refractivity (Wildman–Crippen MR) is 99.5 cm³/mol. The van der Waals surface area contributed by atoms with Crippen LogP contribution in [0.2, 0.25) is 0 Å². The zero-order chi connectivity index (χ0) is 18.8. The number of para-hydroxylation sites is 1. The van der Waals surface area contributed by atoms with Gasteiger partial charge >= 0.3 is 0 Å². The summed E-state index contributed by atoms with van der Waals surface area (Å²) < 4.78 is 38.0. The lowest BCUT2D eigenvalue weighted by Crippen LogP contribution is -2.04. The average molecular weight is 384 g/mol. The summed E-state index contributed by atoms with van der Waals surface area (Å²) in [6.45, 7) is 2.05. The third kappa shape index (κ3) is 3.42.